The Balaban J connectivity index is 1.14. The average Bonchev–Trinajstić information content (AvgIpc) is 3.70. The molecule has 6 heteroatoms. The highest BCUT2D eigenvalue weighted by Crippen LogP contribution is 2.77. The van der Waals surface area contributed by atoms with Crippen LogP contribution in [0.15, 0.2) is 61.2 Å². The lowest BCUT2D eigenvalue weighted by molar-refractivity contribution is -0.231. The molecule has 0 radical (unpaired) electrons. The van der Waals surface area contributed by atoms with Gasteiger partial charge in [-0.3, -0.25) is 0 Å². The number of imidazole rings is 1. The predicted molar refractivity (Wildman–Crippen MR) is 192 cm³/mol. The van der Waals surface area contributed by atoms with Gasteiger partial charge in [-0.05, 0) is 145 Å². The van der Waals surface area contributed by atoms with Crippen LogP contribution in [0.1, 0.15) is 115 Å². The molecule has 1 heterocycles. The van der Waals surface area contributed by atoms with E-state index in [4.69, 9.17) is 4.84 Å². The molecule has 0 bridgehead atoms. The van der Waals surface area contributed by atoms with E-state index in [0.717, 1.165) is 26.1 Å². The van der Waals surface area contributed by atoms with E-state index in [9.17, 15) is 9.90 Å². The van der Waals surface area contributed by atoms with E-state index in [2.05, 4.69) is 69.2 Å². The second-order valence-corrected chi connectivity index (χ2v) is 18.0. The molecule has 1 aromatic carbocycles. The van der Waals surface area contributed by atoms with Gasteiger partial charge in [-0.2, -0.15) is 0 Å². The van der Waals surface area contributed by atoms with Gasteiger partial charge in [0.25, 0.3) is 0 Å². The highest BCUT2D eigenvalue weighted by atomic mass is 16.6. The molecule has 260 valence electrons. The summed E-state index contributed by atoms with van der Waals surface area (Å²) in [5.41, 5.74) is 8.74. The van der Waals surface area contributed by atoms with Crippen molar-refractivity contribution < 1.29 is 14.7 Å². The molecule has 1 aromatic heterocycles. The van der Waals surface area contributed by atoms with Crippen molar-refractivity contribution in [3.63, 3.8) is 0 Å². The van der Waals surface area contributed by atoms with Gasteiger partial charge >= 0.3 is 5.97 Å². The number of benzene rings is 1. The summed E-state index contributed by atoms with van der Waals surface area (Å²) in [6, 6.07) is 7.61. The smallest absolute Gasteiger partial charge is 0.335 e. The first-order valence-electron chi connectivity index (χ1n) is 18.8. The Labute approximate surface area is 288 Å². The van der Waals surface area contributed by atoms with Gasteiger partial charge in [0.2, 0.25) is 0 Å². The number of aromatic carboxylic acids is 1. The maximum atomic E-state index is 11.5. The Kier molecular flexibility index (Phi) is 8.42. The number of hydrogen-bond donors (Lipinski definition) is 2. The van der Waals surface area contributed by atoms with Crippen LogP contribution in [0.3, 0.4) is 0 Å². The lowest BCUT2D eigenvalue weighted by atomic mass is 9.32. The molecule has 2 aromatic rings. The SMILES string of the molecule is C=C(C)[C@@H]1CC[C@]2(CONCCn3ccnc3)CC[C@]3(C)C(CCC4[C@@]5(C)CC=C(c6ccc(C(=O)O)cc6)C(C)(C)C5CC[C@]43C)C12. The number of nitrogens with one attached hydrogen (secondary N) is 1. The number of carboxylic acid groups (broad SMARTS) is 1. The Hall–Kier alpha value is -2.70. The second kappa shape index (κ2) is 12.0. The summed E-state index contributed by atoms with van der Waals surface area (Å²) >= 11 is 0. The highest BCUT2D eigenvalue weighted by molar-refractivity contribution is 5.88. The van der Waals surface area contributed by atoms with E-state index < -0.39 is 5.97 Å². The number of rotatable bonds is 9. The minimum Gasteiger partial charge on any atom is -0.478 e. The number of hydrogen-bond acceptors (Lipinski definition) is 4. The molecule has 0 spiro atoms. The first kappa shape index (κ1) is 33.8. The standard InChI is InChI=1S/C42H59N3O3/c1-28(2)31-14-19-42(26-48-44-23-25-45-24-22-43-27-45)21-20-40(6)33(36(31)42)12-13-35-39(5)17-15-32(29-8-10-30(11-9-29)37(46)47)38(3,4)34(39)16-18-41(35,40)7/h8-11,15,22,24,27,31,33-36,44H,1,12-14,16-21,23,25-26H2,2-7H3,(H,46,47)/t31-,33?,34?,35?,36?,39-,40+,41+,42+/m0/s1. The molecule has 7 rings (SSSR count). The number of allylic oxidation sites excluding steroid dienone is 3. The third-order valence-corrected chi connectivity index (χ3v) is 15.8. The molecule has 48 heavy (non-hydrogen) atoms. The Bertz CT molecular complexity index is 1560. The van der Waals surface area contributed by atoms with Gasteiger partial charge in [-0.25, -0.2) is 15.3 Å². The maximum Gasteiger partial charge on any atom is 0.335 e. The molecule has 0 amide bonds. The normalized spacial score (nSPS) is 39.8. The minimum atomic E-state index is -0.861. The largest absolute Gasteiger partial charge is 0.478 e. The maximum absolute atomic E-state index is 11.5. The van der Waals surface area contributed by atoms with Gasteiger partial charge in [0.1, 0.15) is 0 Å². The van der Waals surface area contributed by atoms with Crippen molar-refractivity contribution in [3.05, 3.63) is 72.3 Å². The van der Waals surface area contributed by atoms with Gasteiger partial charge in [0.05, 0.1) is 18.5 Å². The van der Waals surface area contributed by atoms with Crippen LogP contribution in [-0.4, -0.2) is 33.8 Å². The Morgan fingerprint density at radius 3 is 2.46 bits per heavy atom. The number of aromatic nitrogens is 2. The molecule has 5 aliphatic carbocycles. The summed E-state index contributed by atoms with van der Waals surface area (Å²) in [7, 11) is 0. The lowest BCUT2D eigenvalue weighted by Crippen LogP contribution is -2.65. The van der Waals surface area contributed by atoms with Gasteiger partial charge < -0.3 is 14.5 Å². The van der Waals surface area contributed by atoms with Crippen LogP contribution in [0.4, 0.5) is 0 Å². The van der Waals surface area contributed by atoms with Crippen LogP contribution < -0.4 is 5.48 Å². The fourth-order valence-electron chi connectivity index (χ4n) is 13.3. The molecule has 4 unspecified atom stereocenters. The van der Waals surface area contributed by atoms with Crippen LogP contribution in [0.25, 0.3) is 5.57 Å². The van der Waals surface area contributed by atoms with E-state index in [-0.39, 0.29) is 16.2 Å². The number of nitrogens with zero attached hydrogens (tertiary/aromatic N) is 2. The van der Waals surface area contributed by atoms with E-state index in [1.807, 2.05) is 30.9 Å². The van der Waals surface area contributed by atoms with Crippen LogP contribution >= 0.6 is 0 Å². The Morgan fingerprint density at radius 2 is 1.77 bits per heavy atom. The Morgan fingerprint density at radius 1 is 1.00 bits per heavy atom. The van der Waals surface area contributed by atoms with Crippen LogP contribution in [0.2, 0.25) is 0 Å². The van der Waals surface area contributed by atoms with Crippen molar-refractivity contribution in [1.82, 2.24) is 15.0 Å². The van der Waals surface area contributed by atoms with Gasteiger partial charge in [0, 0.05) is 25.5 Å². The third kappa shape index (κ3) is 5.01. The summed E-state index contributed by atoms with van der Waals surface area (Å²) in [5, 5.41) is 9.48. The molecule has 9 atom stereocenters. The molecule has 0 aliphatic heterocycles. The lowest BCUT2D eigenvalue weighted by Gasteiger charge is -2.72. The first-order valence-corrected chi connectivity index (χ1v) is 18.8. The fourth-order valence-corrected chi connectivity index (χ4v) is 13.3. The molecule has 6 nitrogen and oxygen atoms in total. The summed E-state index contributed by atoms with van der Waals surface area (Å²) < 4.78 is 2.09. The fraction of sp³-hybridized carbons (Fsp3) is 0.667. The number of carbonyl (C=O) groups is 1. The van der Waals surface area contributed by atoms with E-state index in [0.29, 0.717) is 46.0 Å². The van der Waals surface area contributed by atoms with Crippen LogP contribution in [0, 0.1) is 56.7 Å². The van der Waals surface area contributed by atoms with Crippen molar-refractivity contribution in [3.8, 4) is 0 Å². The molecule has 4 fully saturated rings. The number of carboxylic acids is 1. The van der Waals surface area contributed by atoms with Crippen LogP contribution in [0.5, 0.6) is 0 Å². The second-order valence-electron chi connectivity index (χ2n) is 18.0. The third-order valence-electron chi connectivity index (χ3n) is 15.8. The number of fused-ring (bicyclic) bond motifs is 7. The van der Waals surface area contributed by atoms with Crippen molar-refractivity contribution in [1.29, 1.82) is 0 Å². The highest BCUT2D eigenvalue weighted by Gasteiger charge is 2.70. The van der Waals surface area contributed by atoms with E-state index in [1.54, 1.807) is 12.1 Å². The van der Waals surface area contributed by atoms with Gasteiger partial charge in [-0.1, -0.05) is 65.0 Å². The first-order chi connectivity index (χ1) is 22.8. The van der Waals surface area contributed by atoms with Crippen molar-refractivity contribution in [2.75, 3.05) is 13.2 Å². The zero-order valence-electron chi connectivity index (χ0n) is 30.4. The summed E-state index contributed by atoms with van der Waals surface area (Å²) in [5.74, 6) is 2.34. The van der Waals surface area contributed by atoms with Crippen molar-refractivity contribution in [2.45, 2.75) is 106 Å². The monoisotopic (exact) mass is 653 g/mol. The molecule has 2 N–H and O–H groups in total. The molecular weight excluding hydrogens is 594 g/mol. The summed E-state index contributed by atoms with van der Waals surface area (Å²) in [6.07, 6.45) is 19.6. The quantitative estimate of drug-likeness (QED) is 0.160. The van der Waals surface area contributed by atoms with Crippen LogP contribution in [-0.2, 0) is 11.4 Å². The predicted octanol–water partition coefficient (Wildman–Crippen LogP) is 9.45. The number of hydroxylamine groups is 1. The van der Waals surface area contributed by atoms with Gasteiger partial charge in [-0.15, -0.1) is 0 Å². The van der Waals surface area contributed by atoms with E-state index >= 15 is 0 Å². The van der Waals surface area contributed by atoms with E-state index in [1.165, 1.54) is 68.1 Å². The topological polar surface area (TPSA) is 76.4 Å². The zero-order valence-corrected chi connectivity index (χ0v) is 30.4. The summed E-state index contributed by atoms with van der Waals surface area (Å²) in [6.45, 7) is 22.3. The van der Waals surface area contributed by atoms with Gasteiger partial charge in [0.15, 0.2) is 0 Å². The summed E-state index contributed by atoms with van der Waals surface area (Å²) in [4.78, 5) is 22.1. The molecule has 4 saturated carbocycles. The molecular formula is C42H59N3O3. The van der Waals surface area contributed by atoms with Crippen molar-refractivity contribution in [2.24, 2.45) is 56.7 Å². The average molecular weight is 654 g/mol. The molecule has 5 aliphatic rings. The molecule has 0 saturated heterocycles. The zero-order chi connectivity index (χ0) is 34.1. The minimum absolute atomic E-state index is 0.0250. The van der Waals surface area contributed by atoms with Crippen molar-refractivity contribution >= 4 is 11.5 Å².